The van der Waals surface area contributed by atoms with E-state index in [2.05, 4.69) is 28.0 Å². The number of nitrogens with one attached hydrogen (secondary N) is 3. The van der Waals surface area contributed by atoms with Crippen molar-refractivity contribution in [1.29, 1.82) is 0 Å². The molecule has 1 heterocycles. The molecule has 2 rings (SSSR count). The summed E-state index contributed by atoms with van der Waals surface area (Å²) >= 11 is 0. The SMILES string of the molecule is CNC(=O)c1ccc(NC(=O)NCCCc2c(C)nn(C)c2C)cc1. The van der Waals surface area contributed by atoms with E-state index >= 15 is 0 Å². The van der Waals surface area contributed by atoms with Crippen LogP contribution in [0.2, 0.25) is 0 Å². The minimum Gasteiger partial charge on any atom is -0.355 e. The Morgan fingerprint density at radius 1 is 1.16 bits per heavy atom. The number of rotatable bonds is 6. The van der Waals surface area contributed by atoms with Gasteiger partial charge in [-0.15, -0.1) is 0 Å². The lowest BCUT2D eigenvalue weighted by Crippen LogP contribution is -2.29. The van der Waals surface area contributed by atoms with Crippen molar-refractivity contribution in [2.75, 3.05) is 18.9 Å². The van der Waals surface area contributed by atoms with Gasteiger partial charge in [-0.25, -0.2) is 4.79 Å². The largest absolute Gasteiger partial charge is 0.355 e. The second-order valence-electron chi connectivity index (χ2n) is 5.91. The van der Waals surface area contributed by atoms with Crippen LogP contribution in [0, 0.1) is 13.8 Å². The van der Waals surface area contributed by atoms with E-state index in [1.807, 2.05) is 18.7 Å². The summed E-state index contributed by atoms with van der Waals surface area (Å²) in [5.74, 6) is -0.156. The summed E-state index contributed by atoms with van der Waals surface area (Å²) in [4.78, 5) is 23.4. The van der Waals surface area contributed by atoms with Crippen LogP contribution in [0.25, 0.3) is 0 Å². The van der Waals surface area contributed by atoms with Gasteiger partial charge in [-0.1, -0.05) is 0 Å². The highest BCUT2D eigenvalue weighted by atomic mass is 16.2. The van der Waals surface area contributed by atoms with Crippen molar-refractivity contribution in [3.05, 3.63) is 46.8 Å². The zero-order valence-corrected chi connectivity index (χ0v) is 15.1. The Morgan fingerprint density at radius 2 is 1.84 bits per heavy atom. The predicted molar refractivity (Wildman–Crippen MR) is 97.9 cm³/mol. The molecule has 1 aromatic carbocycles. The highest BCUT2D eigenvalue weighted by Gasteiger charge is 2.09. The molecular weight excluding hydrogens is 318 g/mol. The van der Waals surface area contributed by atoms with Crippen molar-refractivity contribution < 1.29 is 9.59 Å². The molecule has 0 aliphatic rings. The summed E-state index contributed by atoms with van der Waals surface area (Å²) in [5.41, 5.74) is 4.65. The fraction of sp³-hybridized carbons (Fsp3) is 0.389. The molecule has 25 heavy (non-hydrogen) atoms. The first-order valence-electron chi connectivity index (χ1n) is 8.28. The number of carbonyl (C=O) groups excluding carboxylic acids is 2. The molecule has 3 amide bonds. The molecule has 0 atom stereocenters. The lowest BCUT2D eigenvalue weighted by atomic mass is 10.1. The first-order chi connectivity index (χ1) is 11.9. The molecule has 0 saturated carbocycles. The van der Waals surface area contributed by atoms with Gasteiger partial charge in [-0.3, -0.25) is 9.48 Å². The van der Waals surface area contributed by atoms with Gasteiger partial charge < -0.3 is 16.0 Å². The summed E-state index contributed by atoms with van der Waals surface area (Å²) in [7, 11) is 3.52. The molecule has 134 valence electrons. The number of hydrogen-bond acceptors (Lipinski definition) is 3. The zero-order valence-electron chi connectivity index (χ0n) is 15.1. The van der Waals surface area contributed by atoms with Gasteiger partial charge >= 0.3 is 6.03 Å². The van der Waals surface area contributed by atoms with Crippen LogP contribution in [0.5, 0.6) is 0 Å². The molecule has 0 aliphatic carbocycles. The Morgan fingerprint density at radius 3 is 2.40 bits per heavy atom. The number of anilines is 1. The molecule has 0 unspecified atom stereocenters. The van der Waals surface area contributed by atoms with E-state index in [1.54, 1.807) is 31.3 Å². The summed E-state index contributed by atoms with van der Waals surface area (Å²) in [6.07, 6.45) is 1.73. The minimum absolute atomic E-state index is 0.156. The lowest BCUT2D eigenvalue weighted by Gasteiger charge is -2.08. The van der Waals surface area contributed by atoms with Crippen LogP contribution in [-0.4, -0.2) is 35.3 Å². The molecule has 0 bridgehead atoms. The monoisotopic (exact) mass is 343 g/mol. The van der Waals surface area contributed by atoms with E-state index in [9.17, 15) is 9.59 Å². The predicted octanol–water partition coefficient (Wildman–Crippen LogP) is 2.15. The van der Waals surface area contributed by atoms with Crippen molar-refractivity contribution in [3.63, 3.8) is 0 Å². The zero-order chi connectivity index (χ0) is 18.4. The topological polar surface area (TPSA) is 88.1 Å². The van der Waals surface area contributed by atoms with Crippen LogP contribution in [-0.2, 0) is 13.5 Å². The fourth-order valence-corrected chi connectivity index (χ4v) is 2.67. The molecule has 2 aromatic rings. The number of benzene rings is 1. The van der Waals surface area contributed by atoms with Crippen LogP contribution < -0.4 is 16.0 Å². The first-order valence-corrected chi connectivity index (χ1v) is 8.28. The maximum absolute atomic E-state index is 11.9. The van der Waals surface area contributed by atoms with Gasteiger partial charge in [0.15, 0.2) is 0 Å². The third kappa shape index (κ3) is 4.82. The second kappa shape index (κ2) is 8.32. The summed E-state index contributed by atoms with van der Waals surface area (Å²) in [6, 6.07) is 6.48. The van der Waals surface area contributed by atoms with Crippen molar-refractivity contribution in [1.82, 2.24) is 20.4 Å². The van der Waals surface area contributed by atoms with E-state index < -0.39 is 0 Å². The smallest absolute Gasteiger partial charge is 0.319 e. The number of aryl methyl sites for hydroxylation is 2. The van der Waals surface area contributed by atoms with Crippen molar-refractivity contribution in [2.45, 2.75) is 26.7 Å². The Labute approximate surface area is 147 Å². The van der Waals surface area contributed by atoms with Crippen LogP contribution in [0.3, 0.4) is 0 Å². The number of nitrogens with zero attached hydrogens (tertiary/aromatic N) is 2. The van der Waals surface area contributed by atoms with E-state index in [4.69, 9.17) is 0 Å². The highest BCUT2D eigenvalue weighted by molar-refractivity contribution is 5.95. The van der Waals surface area contributed by atoms with Crippen LogP contribution in [0.4, 0.5) is 10.5 Å². The summed E-state index contributed by atoms with van der Waals surface area (Å²) < 4.78 is 1.88. The first kappa shape index (κ1) is 18.5. The molecule has 0 spiro atoms. The van der Waals surface area contributed by atoms with Gasteiger partial charge in [0.2, 0.25) is 0 Å². The Bertz CT molecular complexity index is 750. The molecule has 1 aromatic heterocycles. The maximum atomic E-state index is 11.9. The number of aromatic nitrogens is 2. The van der Waals surface area contributed by atoms with Crippen LogP contribution in [0.15, 0.2) is 24.3 Å². The van der Waals surface area contributed by atoms with E-state index in [0.29, 0.717) is 17.8 Å². The van der Waals surface area contributed by atoms with Crippen molar-refractivity contribution in [2.24, 2.45) is 7.05 Å². The fourth-order valence-electron chi connectivity index (χ4n) is 2.67. The molecule has 3 N–H and O–H groups in total. The van der Waals surface area contributed by atoms with E-state index in [-0.39, 0.29) is 11.9 Å². The normalized spacial score (nSPS) is 10.4. The average molecular weight is 343 g/mol. The van der Waals surface area contributed by atoms with Crippen molar-refractivity contribution in [3.8, 4) is 0 Å². The molecule has 7 nitrogen and oxygen atoms in total. The van der Waals surface area contributed by atoms with E-state index in [0.717, 1.165) is 24.2 Å². The maximum Gasteiger partial charge on any atom is 0.319 e. The summed E-state index contributed by atoms with van der Waals surface area (Å²) in [5, 5.41) is 12.5. The van der Waals surface area contributed by atoms with Crippen LogP contribution >= 0.6 is 0 Å². The average Bonchev–Trinajstić information content (AvgIpc) is 2.84. The number of amides is 3. The second-order valence-corrected chi connectivity index (χ2v) is 5.91. The van der Waals surface area contributed by atoms with Gasteiger partial charge in [0.25, 0.3) is 5.91 Å². The van der Waals surface area contributed by atoms with Crippen LogP contribution in [0.1, 0.15) is 33.7 Å². The third-order valence-electron chi connectivity index (χ3n) is 4.18. The molecule has 7 heteroatoms. The molecule has 0 fully saturated rings. The number of urea groups is 1. The number of carbonyl (C=O) groups is 2. The lowest BCUT2D eigenvalue weighted by molar-refractivity contribution is 0.0963. The highest BCUT2D eigenvalue weighted by Crippen LogP contribution is 2.13. The van der Waals surface area contributed by atoms with Crippen molar-refractivity contribution >= 4 is 17.6 Å². The van der Waals surface area contributed by atoms with Gasteiger partial charge in [-0.05, 0) is 56.5 Å². The van der Waals surface area contributed by atoms with Gasteiger partial charge in [-0.2, -0.15) is 5.10 Å². The molecule has 0 radical (unpaired) electrons. The third-order valence-corrected chi connectivity index (χ3v) is 4.18. The molecular formula is C18H25N5O2. The quantitative estimate of drug-likeness (QED) is 0.702. The summed E-state index contributed by atoms with van der Waals surface area (Å²) in [6.45, 7) is 4.64. The Hall–Kier alpha value is -2.83. The van der Waals surface area contributed by atoms with Gasteiger partial charge in [0, 0.05) is 37.6 Å². The standard InChI is InChI=1S/C18H25N5O2/c1-12-16(13(2)23(4)22-12)6-5-11-20-18(25)21-15-9-7-14(8-10-15)17(24)19-3/h7-10H,5-6,11H2,1-4H3,(H,19,24)(H2,20,21,25). The van der Waals surface area contributed by atoms with Gasteiger partial charge in [0.1, 0.15) is 0 Å². The van der Waals surface area contributed by atoms with Gasteiger partial charge in [0.05, 0.1) is 5.69 Å². The number of hydrogen-bond donors (Lipinski definition) is 3. The Kier molecular flexibility index (Phi) is 6.16. The minimum atomic E-state index is -0.257. The molecule has 0 saturated heterocycles. The Balaban J connectivity index is 1.76. The van der Waals surface area contributed by atoms with E-state index in [1.165, 1.54) is 5.56 Å². The molecule has 0 aliphatic heterocycles.